The maximum absolute atomic E-state index is 9.60. The lowest BCUT2D eigenvalue weighted by molar-refractivity contribution is -0.137. The highest BCUT2D eigenvalue weighted by molar-refractivity contribution is 5.81. The van der Waals surface area contributed by atoms with E-state index < -0.39 is 5.97 Å². The normalized spacial score (nSPS) is 6.10. The van der Waals surface area contributed by atoms with E-state index in [1.54, 1.807) is 0 Å². The molecule has 0 heterocycles. The Labute approximate surface area is 58.2 Å². The maximum Gasteiger partial charge on any atom is 0.303 e. The van der Waals surface area contributed by atoms with E-state index in [-0.39, 0.29) is 0 Å². The third kappa shape index (κ3) is 30.4. The van der Waals surface area contributed by atoms with Crippen LogP contribution in [0.15, 0.2) is 0 Å². The fourth-order valence-electron chi connectivity index (χ4n) is 0.214. The van der Waals surface area contributed by atoms with E-state index in [0.717, 1.165) is 18.3 Å². The average molecular weight is 144 g/mol. The van der Waals surface area contributed by atoms with Crippen molar-refractivity contribution in [1.82, 2.24) is 0 Å². The summed E-state index contributed by atoms with van der Waals surface area (Å²) >= 11 is 0. The molecule has 0 aromatic rings. The zero-order chi connectivity index (χ0) is 8.41. The first kappa shape index (κ1) is 11.4. The molecule has 0 bridgehead atoms. The highest BCUT2D eigenvalue weighted by atomic mass is 16.4. The Morgan fingerprint density at radius 1 is 1.40 bits per heavy atom. The van der Waals surface area contributed by atoms with Crippen LogP contribution in [0.2, 0.25) is 0 Å². The predicted molar refractivity (Wildman–Crippen MR) is 33.9 cm³/mol. The zero-order valence-electron chi connectivity index (χ0n) is 5.59. The van der Waals surface area contributed by atoms with Crippen LogP contribution in [0, 0.1) is 0 Å². The van der Waals surface area contributed by atoms with Crippen molar-refractivity contribution in [2.45, 2.75) is 19.8 Å². The van der Waals surface area contributed by atoms with Gasteiger partial charge in [-0.15, -0.1) is 0 Å². The van der Waals surface area contributed by atoms with Gasteiger partial charge in [0.1, 0.15) is 0 Å². The summed E-state index contributed by atoms with van der Waals surface area (Å²) in [6, 6.07) is 0. The minimum atomic E-state index is -0.711. The molecular formula is C6H8O4. The number of hydrogen-bond donors (Lipinski definition) is 1. The molecule has 0 amide bonds. The molecule has 0 radical (unpaired) electrons. The van der Waals surface area contributed by atoms with Gasteiger partial charge in [-0.25, -0.2) is 9.59 Å². The van der Waals surface area contributed by atoms with Crippen LogP contribution >= 0.6 is 0 Å². The summed E-state index contributed by atoms with van der Waals surface area (Å²) in [7, 11) is 0. The second kappa shape index (κ2) is 10.6. The monoisotopic (exact) mass is 144 g/mol. The fraction of sp³-hybridized carbons (Fsp3) is 0.500. The van der Waals surface area contributed by atoms with E-state index in [1.807, 2.05) is 6.92 Å². The maximum atomic E-state index is 9.60. The van der Waals surface area contributed by atoms with Crippen LogP contribution in [0.5, 0.6) is 0 Å². The lowest BCUT2D eigenvalue weighted by Crippen LogP contribution is -1.90. The van der Waals surface area contributed by atoms with Crippen molar-refractivity contribution in [1.29, 1.82) is 0 Å². The largest absolute Gasteiger partial charge is 0.481 e. The van der Waals surface area contributed by atoms with Gasteiger partial charge in [0.25, 0.3) is 0 Å². The van der Waals surface area contributed by atoms with Crippen molar-refractivity contribution in [3.63, 3.8) is 0 Å². The van der Waals surface area contributed by atoms with E-state index in [0.29, 0.717) is 6.42 Å². The molecule has 0 saturated heterocycles. The Morgan fingerprint density at radius 2 is 1.80 bits per heavy atom. The van der Waals surface area contributed by atoms with Gasteiger partial charge in [0.15, 0.2) is 0 Å². The average Bonchev–Trinajstić information content (AvgIpc) is 1.89. The summed E-state index contributed by atoms with van der Waals surface area (Å²) in [6.45, 7) is 1.84. The lowest BCUT2D eigenvalue weighted by Gasteiger charge is -1.79. The Bertz CT molecular complexity index is 141. The van der Waals surface area contributed by atoms with Gasteiger partial charge in [-0.3, -0.25) is 4.79 Å². The molecule has 1 N–H and O–H groups in total. The van der Waals surface area contributed by atoms with Crippen LogP contribution in [-0.4, -0.2) is 23.0 Å². The second-order valence-corrected chi connectivity index (χ2v) is 1.35. The molecule has 0 fully saturated rings. The van der Waals surface area contributed by atoms with Crippen molar-refractivity contribution in [3.05, 3.63) is 0 Å². The Balaban J connectivity index is 0. The van der Waals surface area contributed by atoms with Crippen LogP contribution in [0.3, 0.4) is 0 Å². The molecule has 56 valence electrons. The highest BCUT2D eigenvalue weighted by Gasteiger charge is 1.87. The summed E-state index contributed by atoms with van der Waals surface area (Å²) in [6.07, 6.45) is 1.02. The summed E-state index contributed by atoms with van der Waals surface area (Å²) in [5, 5.41) is 7.91. The number of carbonyl (C=O) groups is 1. The van der Waals surface area contributed by atoms with Gasteiger partial charge >= 0.3 is 5.97 Å². The molecule has 0 aliphatic carbocycles. The first-order chi connectivity index (χ1) is 4.68. The third-order valence-corrected chi connectivity index (χ3v) is 0.506. The van der Waals surface area contributed by atoms with Gasteiger partial charge in [-0.05, 0) is 6.42 Å². The van der Waals surface area contributed by atoms with Gasteiger partial charge in [-0.1, -0.05) is 6.92 Å². The van der Waals surface area contributed by atoms with Crippen LogP contribution in [-0.2, 0) is 14.4 Å². The molecule has 0 atom stereocenters. The number of carboxylic acids is 1. The summed E-state index contributed by atoms with van der Waals surface area (Å²) in [5.41, 5.74) is 0. The Kier molecular flexibility index (Phi) is 12.1. The molecule has 10 heavy (non-hydrogen) atoms. The molecule has 0 unspecified atom stereocenters. The van der Waals surface area contributed by atoms with Crippen LogP contribution in [0.25, 0.3) is 0 Å². The molecule has 0 rings (SSSR count). The van der Waals surface area contributed by atoms with Crippen molar-refractivity contribution < 1.29 is 19.5 Å². The number of hydrogen-bond acceptors (Lipinski definition) is 3. The highest BCUT2D eigenvalue weighted by Crippen LogP contribution is 1.82. The molecule has 0 aromatic carbocycles. The molecule has 0 spiro atoms. The minimum Gasteiger partial charge on any atom is -0.481 e. The SMILES string of the molecule is CCCC(=O)O.O=C=C=O. The van der Waals surface area contributed by atoms with Crippen molar-refractivity contribution in [3.8, 4) is 0 Å². The third-order valence-electron chi connectivity index (χ3n) is 0.506. The van der Waals surface area contributed by atoms with Gasteiger partial charge in [0.2, 0.25) is 11.9 Å². The van der Waals surface area contributed by atoms with Crippen molar-refractivity contribution in [2.24, 2.45) is 0 Å². The Morgan fingerprint density at radius 3 is 1.80 bits per heavy atom. The van der Waals surface area contributed by atoms with Gasteiger partial charge in [0, 0.05) is 6.42 Å². The van der Waals surface area contributed by atoms with E-state index >= 15 is 0 Å². The van der Waals surface area contributed by atoms with Gasteiger partial charge in [0.05, 0.1) is 0 Å². The van der Waals surface area contributed by atoms with E-state index in [4.69, 9.17) is 14.7 Å². The lowest BCUT2D eigenvalue weighted by atomic mass is 10.4. The first-order valence-corrected chi connectivity index (χ1v) is 2.65. The fourth-order valence-corrected chi connectivity index (χ4v) is 0.214. The summed E-state index contributed by atoms with van der Waals surface area (Å²) in [4.78, 5) is 26.8. The zero-order valence-corrected chi connectivity index (χ0v) is 5.59. The number of carboxylic acid groups (broad SMARTS) is 1. The summed E-state index contributed by atoms with van der Waals surface area (Å²) < 4.78 is 0. The van der Waals surface area contributed by atoms with E-state index in [1.165, 1.54) is 0 Å². The molecule has 4 nitrogen and oxygen atoms in total. The first-order valence-electron chi connectivity index (χ1n) is 2.65. The number of carbonyl (C=O) groups excluding carboxylic acids is 2. The van der Waals surface area contributed by atoms with Crippen LogP contribution in [0.1, 0.15) is 19.8 Å². The van der Waals surface area contributed by atoms with Crippen molar-refractivity contribution in [2.75, 3.05) is 0 Å². The quantitative estimate of drug-likeness (QED) is 0.557. The molecule has 4 heteroatoms. The molecule has 0 aliphatic heterocycles. The molecule has 0 aromatic heterocycles. The minimum absolute atomic E-state index is 0.292. The number of rotatable bonds is 2. The molecule has 0 aliphatic rings. The standard InChI is InChI=1S/C4H8O2.C2O2/c1-2-3-4(5)6;3-1-2-4/h2-3H2,1H3,(H,5,6);. The number of aliphatic carboxylic acids is 1. The smallest absolute Gasteiger partial charge is 0.303 e. The van der Waals surface area contributed by atoms with Crippen molar-refractivity contribution >= 4 is 17.9 Å². The molecular weight excluding hydrogens is 136 g/mol. The van der Waals surface area contributed by atoms with Gasteiger partial charge in [-0.2, -0.15) is 0 Å². The van der Waals surface area contributed by atoms with E-state index in [9.17, 15) is 4.79 Å². The summed E-state index contributed by atoms with van der Waals surface area (Å²) in [5.74, 6) is 1.04. The van der Waals surface area contributed by atoms with Gasteiger partial charge < -0.3 is 5.11 Å². The topological polar surface area (TPSA) is 71.4 Å². The molecule has 0 saturated carbocycles. The second-order valence-electron chi connectivity index (χ2n) is 1.35. The van der Waals surface area contributed by atoms with Crippen LogP contribution < -0.4 is 0 Å². The Hall–Kier alpha value is -1.37. The predicted octanol–water partition coefficient (Wildman–Crippen LogP) is 0.0769. The van der Waals surface area contributed by atoms with E-state index in [2.05, 4.69) is 0 Å². The van der Waals surface area contributed by atoms with Crippen LogP contribution in [0.4, 0.5) is 0 Å².